The number of para-hydroxylation sites is 1. The predicted octanol–water partition coefficient (Wildman–Crippen LogP) is 11.8. The first kappa shape index (κ1) is 43.3. The fourth-order valence-corrected chi connectivity index (χ4v) is 8.78. The van der Waals surface area contributed by atoms with Crippen LogP contribution in [0.4, 0.5) is 4.79 Å². The minimum absolute atomic E-state index is 0.107. The molecule has 0 saturated heterocycles. The number of ether oxygens (including phenoxy) is 3. The zero-order valence-electron chi connectivity index (χ0n) is 33.7. The molecule has 3 aromatic rings. The van der Waals surface area contributed by atoms with Crippen LogP contribution < -0.4 is 9.47 Å². The van der Waals surface area contributed by atoms with E-state index in [9.17, 15) is 0 Å². The number of amides is 1. The van der Waals surface area contributed by atoms with Gasteiger partial charge in [0, 0.05) is 0 Å². The predicted molar refractivity (Wildman–Crippen MR) is 229 cm³/mol. The van der Waals surface area contributed by atoms with Gasteiger partial charge >= 0.3 is 6.09 Å². The Labute approximate surface area is 334 Å². The van der Waals surface area contributed by atoms with E-state index in [1.807, 2.05) is 65.6 Å². The largest absolute Gasteiger partial charge is 0.546 e. The fraction of sp³-hybridized carbons (Fsp3) is 0.432. The highest BCUT2D eigenvalue weighted by Gasteiger charge is 2.54. The van der Waals surface area contributed by atoms with E-state index in [2.05, 4.69) is 101 Å². The third kappa shape index (κ3) is 12.0. The molecule has 1 amide bonds. The number of hydrogen-bond donors (Lipinski definition) is 0. The summed E-state index contributed by atoms with van der Waals surface area (Å²) in [4.78, 5) is 17.0. The summed E-state index contributed by atoms with van der Waals surface area (Å²) < 4.78 is 33.4. The lowest BCUT2D eigenvalue weighted by Crippen LogP contribution is -2.66. The van der Waals surface area contributed by atoms with E-state index in [-0.39, 0.29) is 5.04 Å². The summed E-state index contributed by atoms with van der Waals surface area (Å²) in [6.07, 6.45) is 3.13. The van der Waals surface area contributed by atoms with Crippen LogP contribution in [0.5, 0.6) is 11.5 Å². The highest BCUT2D eigenvalue weighted by atomic mass is 79.9. The summed E-state index contributed by atoms with van der Waals surface area (Å²) in [7, 11) is -3.00. The first-order chi connectivity index (χ1) is 25.3. The van der Waals surface area contributed by atoms with Crippen molar-refractivity contribution in [2.75, 3.05) is 13.7 Å². The lowest BCUT2D eigenvalue weighted by atomic mass is 9.78. The van der Waals surface area contributed by atoms with E-state index in [0.717, 1.165) is 32.7 Å². The second-order valence-corrected chi connectivity index (χ2v) is 27.1. The zero-order chi connectivity index (χ0) is 39.7. The van der Waals surface area contributed by atoms with Gasteiger partial charge in [-0.1, -0.05) is 111 Å². The van der Waals surface area contributed by atoms with Gasteiger partial charge in [-0.05, 0) is 115 Å². The van der Waals surface area contributed by atoms with E-state index in [1.165, 1.54) is 0 Å². The third-order valence-corrected chi connectivity index (χ3v) is 15.8. The van der Waals surface area contributed by atoms with Crippen LogP contribution in [-0.2, 0) is 26.6 Å². The van der Waals surface area contributed by atoms with Gasteiger partial charge in [0.25, 0.3) is 0 Å². The van der Waals surface area contributed by atoms with E-state index >= 15 is 4.79 Å². The molecule has 10 heteroatoms. The van der Waals surface area contributed by atoms with Crippen LogP contribution in [-0.4, -0.2) is 59.0 Å². The fourth-order valence-electron chi connectivity index (χ4n) is 6.44. The number of allylic oxidation sites excluding steroid dienone is 1. The Morgan fingerprint density at radius 1 is 0.870 bits per heavy atom. The van der Waals surface area contributed by atoms with Crippen LogP contribution >= 0.6 is 15.9 Å². The van der Waals surface area contributed by atoms with Gasteiger partial charge in [0.05, 0.1) is 31.9 Å². The Morgan fingerprint density at radius 3 is 2.04 bits per heavy atom. The second-order valence-electron chi connectivity index (χ2n) is 16.8. The highest BCUT2D eigenvalue weighted by Crippen LogP contribution is 2.46. The standard InChI is InChI=1S/C44H60BrNO6Si2/c1-33(31-49-32-36-18-14-12-15-19-36)29-44(27-26-34(2)45)30-40(51-53(7,8)9)41(52-54(10,11)43(3,4)5)39(28-35-22-24-37(48-6)25-23-35)46(44)42(47)50-38-20-16-13-17-21-38/h12-25,30,39,41H,1-2,26-29,31-32H2,3-11H3/t39-,41-,44+/m0/s1. The van der Waals surface area contributed by atoms with Gasteiger partial charge in [-0.3, -0.25) is 4.90 Å². The molecule has 4 rings (SSSR count). The van der Waals surface area contributed by atoms with Crippen LogP contribution in [0.15, 0.2) is 120 Å². The van der Waals surface area contributed by atoms with Gasteiger partial charge < -0.3 is 23.1 Å². The lowest BCUT2D eigenvalue weighted by molar-refractivity contribution is -0.00814. The summed E-state index contributed by atoms with van der Waals surface area (Å²) in [5.41, 5.74) is 2.02. The van der Waals surface area contributed by atoms with Gasteiger partial charge in [-0.25, -0.2) is 4.79 Å². The van der Waals surface area contributed by atoms with E-state index < -0.39 is 40.4 Å². The van der Waals surface area contributed by atoms with Crippen molar-refractivity contribution in [3.63, 3.8) is 0 Å². The molecule has 1 aliphatic heterocycles. The number of carbonyl (C=O) groups is 1. The van der Waals surface area contributed by atoms with E-state index in [4.69, 9.17) is 23.1 Å². The molecule has 54 heavy (non-hydrogen) atoms. The number of methoxy groups -OCH3 is 1. The molecule has 0 aliphatic carbocycles. The minimum atomic E-state index is -2.45. The van der Waals surface area contributed by atoms with Crippen molar-refractivity contribution in [2.24, 2.45) is 0 Å². The smallest absolute Gasteiger partial charge is 0.416 e. The SMILES string of the molecule is C=C(Br)CC[C@@]1(CC(=C)COCc2ccccc2)C=C(O[Si](C)(C)C)[C@@H](O[Si](C)(C)C(C)(C)C)[C@H](Cc2ccc(OC)cc2)N1C(=O)Oc1ccccc1. The molecule has 0 spiro atoms. The molecule has 0 saturated carbocycles. The van der Waals surface area contributed by atoms with Crippen molar-refractivity contribution in [1.29, 1.82) is 0 Å². The van der Waals surface area contributed by atoms with Gasteiger partial charge in [0.1, 0.15) is 23.4 Å². The van der Waals surface area contributed by atoms with Crippen LogP contribution in [0.25, 0.3) is 0 Å². The summed E-state index contributed by atoms with van der Waals surface area (Å²) in [5, 5.41) is -0.107. The number of carbonyl (C=O) groups excluding carboxylic acids is 1. The van der Waals surface area contributed by atoms with Crippen molar-refractivity contribution >= 4 is 38.7 Å². The maximum atomic E-state index is 15.1. The van der Waals surface area contributed by atoms with Crippen LogP contribution in [0.3, 0.4) is 0 Å². The summed E-state index contributed by atoms with van der Waals surface area (Å²) in [5.74, 6) is 1.99. The van der Waals surface area contributed by atoms with Crippen molar-refractivity contribution in [3.8, 4) is 11.5 Å². The molecule has 0 fully saturated rings. The third-order valence-electron chi connectivity index (χ3n) is 10.1. The van der Waals surface area contributed by atoms with Gasteiger partial charge in [0.15, 0.2) is 8.32 Å². The van der Waals surface area contributed by atoms with E-state index in [0.29, 0.717) is 44.6 Å². The Balaban J connectivity index is 1.95. The average molecular weight is 835 g/mol. The Bertz CT molecular complexity index is 1730. The Morgan fingerprint density at radius 2 is 1.48 bits per heavy atom. The maximum Gasteiger partial charge on any atom is 0.416 e. The number of nitrogens with zero attached hydrogens (tertiary/aromatic N) is 1. The first-order valence-electron chi connectivity index (χ1n) is 18.7. The number of halogens is 1. The quantitative estimate of drug-likeness (QED) is 0.0997. The number of rotatable bonds is 17. The molecular formula is C44H60BrNO6Si2. The number of benzene rings is 3. The molecule has 1 aliphatic rings. The molecule has 0 N–H and O–H groups in total. The normalized spacial score (nSPS) is 19.1. The first-order valence-corrected chi connectivity index (χ1v) is 25.8. The van der Waals surface area contributed by atoms with Gasteiger partial charge in [0.2, 0.25) is 8.32 Å². The van der Waals surface area contributed by atoms with Crippen LogP contribution in [0, 0.1) is 0 Å². The molecular weight excluding hydrogens is 775 g/mol. The minimum Gasteiger partial charge on any atom is -0.546 e. The topological polar surface area (TPSA) is 66.5 Å². The molecule has 292 valence electrons. The number of hydrogen-bond acceptors (Lipinski definition) is 6. The van der Waals surface area contributed by atoms with Gasteiger partial charge in [-0.2, -0.15) is 0 Å². The van der Waals surface area contributed by atoms with Crippen molar-refractivity contribution in [2.45, 2.75) is 109 Å². The lowest BCUT2D eigenvalue weighted by Gasteiger charge is -2.54. The zero-order valence-corrected chi connectivity index (χ0v) is 37.3. The molecule has 0 bridgehead atoms. The Kier molecular flexibility index (Phi) is 14.8. The summed E-state index contributed by atoms with van der Waals surface area (Å²) in [6.45, 7) is 27.2. The highest BCUT2D eigenvalue weighted by molar-refractivity contribution is 9.11. The maximum absolute atomic E-state index is 15.1. The molecule has 7 nitrogen and oxygen atoms in total. The summed E-state index contributed by atoms with van der Waals surface area (Å²) in [6, 6.07) is 26.8. The van der Waals surface area contributed by atoms with E-state index in [1.54, 1.807) is 19.2 Å². The average Bonchev–Trinajstić information content (AvgIpc) is 3.09. The molecule has 0 radical (unpaired) electrons. The second kappa shape index (κ2) is 18.5. The molecule has 1 heterocycles. The van der Waals surface area contributed by atoms with Crippen molar-refractivity contribution in [1.82, 2.24) is 4.90 Å². The Hall–Kier alpha value is -3.42. The van der Waals surface area contributed by atoms with Crippen LogP contribution in [0.1, 0.15) is 51.2 Å². The molecule has 0 aromatic heterocycles. The summed E-state index contributed by atoms with van der Waals surface area (Å²) >= 11 is 3.64. The monoisotopic (exact) mass is 833 g/mol. The molecule has 3 atom stereocenters. The molecule has 0 unspecified atom stereocenters. The van der Waals surface area contributed by atoms with Crippen LogP contribution in [0.2, 0.25) is 37.8 Å². The van der Waals surface area contributed by atoms with Gasteiger partial charge in [-0.15, -0.1) is 0 Å². The molecule has 3 aromatic carbocycles. The van der Waals surface area contributed by atoms with Crippen molar-refractivity contribution in [3.05, 3.63) is 131 Å². The van der Waals surface area contributed by atoms with Crippen molar-refractivity contribution < 1.29 is 27.9 Å².